The summed E-state index contributed by atoms with van der Waals surface area (Å²) in [5.41, 5.74) is 1.44. The first kappa shape index (κ1) is 27.0. The van der Waals surface area contributed by atoms with Gasteiger partial charge in [0.2, 0.25) is 11.8 Å². The number of anilines is 1. The monoisotopic (exact) mass is 535 g/mol. The summed E-state index contributed by atoms with van der Waals surface area (Å²) in [5.74, 6) is -1.03. The van der Waals surface area contributed by atoms with Crippen molar-refractivity contribution in [2.45, 2.75) is 76.5 Å². The van der Waals surface area contributed by atoms with Gasteiger partial charge in [-0.3, -0.25) is 9.59 Å². The van der Waals surface area contributed by atoms with Gasteiger partial charge in [-0.05, 0) is 75.6 Å². The molecule has 7 nitrogen and oxygen atoms in total. The Kier molecular flexibility index (Phi) is 7.53. The highest BCUT2D eigenvalue weighted by molar-refractivity contribution is 5.93. The topological polar surface area (TPSA) is 79.3 Å². The maximum Gasteiger partial charge on any atom is 0.248 e. The number of rotatable bonds is 7. The molecule has 0 saturated carbocycles. The van der Waals surface area contributed by atoms with Crippen LogP contribution in [0.1, 0.15) is 62.8 Å². The summed E-state index contributed by atoms with van der Waals surface area (Å²) < 4.78 is 29.5. The lowest BCUT2D eigenvalue weighted by Crippen LogP contribution is -2.46. The first-order chi connectivity index (χ1) is 18.6. The van der Waals surface area contributed by atoms with Gasteiger partial charge in [-0.2, -0.15) is 0 Å². The number of fused-ring (bicyclic) bond motifs is 1. The molecule has 1 aliphatic heterocycles. The number of halogens is 2. The molecule has 39 heavy (non-hydrogen) atoms. The van der Waals surface area contributed by atoms with E-state index >= 15 is 0 Å². The Morgan fingerprint density at radius 2 is 1.90 bits per heavy atom. The third-order valence-corrected chi connectivity index (χ3v) is 8.05. The van der Waals surface area contributed by atoms with Gasteiger partial charge in [-0.25, -0.2) is 13.8 Å². The van der Waals surface area contributed by atoms with Crippen molar-refractivity contribution in [2.24, 2.45) is 0 Å². The number of hydrogen-bond donors (Lipinski definition) is 2. The lowest BCUT2D eigenvalue weighted by molar-refractivity contribution is -0.140. The number of likely N-dealkylation sites (tertiary alicyclic amines) is 1. The van der Waals surface area contributed by atoms with E-state index in [9.17, 15) is 18.4 Å². The van der Waals surface area contributed by atoms with Crippen molar-refractivity contribution in [1.29, 1.82) is 0 Å². The average molecular weight is 536 g/mol. The number of aryl methyl sites for hydroxylation is 1. The second kappa shape index (κ2) is 10.9. The normalized spacial score (nSPS) is 20.0. The summed E-state index contributed by atoms with van der Waals surface area (Å²) in [7, 11) is 0. The minimum atomic E-state index is -0.893. The van der Waals surface area contributed by atoms with Gasteiger partial charge < -0.3 is 20.1 Å². The van der Waals surface area contributed by atoms with Crippen LogP contribution >= 0.6 is 0 Å². The van der Waals surface area contributed by atoms with Crippen molar-refractivity contribution in [3.8, 4) is 0 Å². The summed E-state index contributed by atoms with van der Waals surface area (Å²) in [6.07, 6.45) is 6.75. The van der Waals surface area contributed by atoms with E-state index in [2.05, 4.69) is 27.8 Å². The van der Waals surface area contributed by atoms with Crippen molar-refractivity contribution in [2.75, 3.05) is 11.9 Å². The highest BCUT2D eigenvalue weighted by atomic mass is 19.1. The van der Waals surface area contributed by atoms with E-state index in [0.717, 1.165) is 24.5 Å². The number of carbonyl (C=O) groups is 2. The molecule has 3 aromatic rings. The van der Waals surface area contributed by atoms with Gasteiger partial charge >= 0.3 is 0 Å². The number of hydrogen-bond acceptors (Lipinski definition) is 4. The molecule has 3 atom stereocenters. The predicted molar refractivity (Wildman–Crippen MR) is 145 cm³/mol. The van der Waals surface area contributed by atoms with Gasteiger partial charge in [0.15, 0.2) is 5.82 Å². The zero-order chi connectivity index (χ0) is 27.7. The van der Waals surface area contributed by atoms with E-state index in [1.807, 2.05) is 36.9 Å². The van der Waals surface area contributed by atoms with E-state index in [0.29, 0.717) is 42.8 Å². The van der Waals surface area contributed by atoms with E-state index in [1.54, 1.807) is 24.0 Å². The molecule has 1 aromatic heterocycles. The number of benzene rings is 2. The fourth-order valence-corrected chi connectivity index (χ4v) is 5.78. The van der Waals surface area contributed by atoms with Gasteiger partial charge in [0.05, 0.1) is 18.4 Å². The van der Waals surface area contributed by atoms with Crippen LogP contribution in [0.25, 0.3) is 0 Å². The largest absolute Gasteiger partial charge is 0.334 e. The molecule has 2 unspecified atom stereocenters. The highest BCUT2D eigenvalue weighted by Gasteiger charge is 2.39. The van der Waals surface area contributed by atoms with Crippen LogP contribution in [-0.2, 0) is 28.0 Å². The summed E-state index contributed by atoms with van der Waals surface area (Å²) in [6, 6.07) is 11.8. The molecule has 206 valence electrons. The minimum absolute atomic E-state index is 0.00357. The zero-order valence-electron chi connectivity index (χ0n) is 22.6. The number of nitrogens with one attached hydrogen (secondary N) is 2. The number of amides is 2. The molecule has 0 radical (unpaired) electrons. The Bertz CT molecular complexity index is 1360. The molecule has 2 aliphatic rings. The molecule has 1 fully saturated rings. The predicted octanol–water partition coefficient (Wildman–Crippen LogP) is 4.73. The van der Waals surface area contributed by atoms with Crippen molar-refractivity contribution in [3.63, 3.8) is 0 Å². The second-order valence-electron chi connectivity index (χ2n) is 11.1. The van der Waals surface area contributed by atoms with Gasteiger partial charge in [0, 0.05) is 24.8 Å². The van der Waals surface area contributed by atoms with E-state index in [-0.39, 0.29) is 23.9 Å². The van der Waals surface area contributed by atoms with Crippen molar-refractivity contribution >= 4 is 17.6 Å². The smallest absolute Gasteiger partial charge is 0.248 e. The van der Waals surface area contributed by atoms with Crippen LogP contribution in [0.2, 0.25) is 0 Å². The molecule has 1 saturated heterocycles. The number of carbonyl (C=O) groups excluding carboxylic acids is 2. The third kappa shape index (κ3) is 5.59. The summed E-state index contributed by atoms with van der Waals surface area (Å²) in [4.78, 5) is 32.9. The van der Waals surface area contributed by atoms with Crippen LogP contribution in [0, 0.1) is 11.6 Å². The number of nitrogens with zero attached hydrogens (tertiary/aromatic N) is 3. The molecule has 2 heterocycles. The molecule has 2 aromatic carbocycles. The second-order valence-corrected chi connectivity index (χ2v) is 11.1. The van der Waals surface area contributed by atoms with Gasteiger partial charge in [-0.1, -0.05) is 30.3 Å². The van der Waals surface area contributed by atoms with E-state index < -0.39 is 23.2 Å². The molecule has 0 bridgehead atoms. The Balaban J connectivity index is 1.20. The Labute approximate surface area is 227 Å². The van der Waals surface area contributed by atoms with Crippen LogP contribution in [0.4, 0.5) is 14.6 Å². The summed E-state index contributed by atoms with van der Waals surface area (Å²) in [5, 5.41) is 6.09. The molecule has 2 N–H and O–H groups in total. The first-order valence-corrected chi connectivity index (χ1v) is 13.6. The lowest BCUT2D eigenvalue weighted by Gasteiger charge is -2.34. The fraction of sp³-hybridized carbons (Fsp3) is 0.433. The molecule has 0 spiro atoms. The van der Waals surface area contributed by atoms with Crippen LogP contribution in [-0.4, -0.2) is 44.9 Å². The fourth-order valence-electron chi connectivity index (χ4n) is 5.78. The Morgan fingerprint density at radius 3 is 2.67 bits per heavy atom. The van der Waals surface area contributed by atoms with Gasteiger partial charge in [-0.15, -0.1) is 0 Å². The van der Waals surface area contributed by atoms with Crippen LogP contribution < -0.4 is 10.6 Å². The SMILES string of the molecule is C[C@H](NC1CCc2cc(F)cc(F)c2C1)C(=O)Nc1cn(C(C)(C)C(=O)N2CCCC2c2ccccc2)cn1. The Morgan fingerprint density at radius 1 is 1.13 bits per heavy atom. The minimum Gasteiger partial charge on any atom is -0.334 e. The van der Waals surface area contributed by atoms with Gasteiger partial charge in [0.25, 0.3) is 0 Å². The number of aromatic nitrogens is 2. The highest BCUT2D eigenvalue weighted by Crippen LogP contribution is 2.35. The van der Waals surface area contributed by atoms with Crippen LogP contribution in [0.15, 0.2) is 55.0 Å². The summed E-state index contributed by atoms with van der Waals surface area (Å²) in [6.45, 7) is 6.17. The van der Waals surface area contributed by atoms with Gasteiger partial charge in [0.1, 0.15) is 17.2 Å². The quantitative estimate of drug-likeness (QED) is 0.458. The maximum atomic E-state index is 14.3. The van der Waals surface area contributed by atoms with Crippen molar-refractivity contribution in [1.82, 2.24) is 19.8 Å². The summed E-state index contributed by atoms with van der Waals surface area (Å²) >= 11 is 0. The molecule has 1 aliphatic carbocycles. The zero-order valence-corrected chi connectivity index (χ0v) is 22.6. The van der Waals surface area contributed by atoms with E-state index in [1.165, 1.54) is 6.07 Å². The number of imidazole rings is 1. The lowest BCUT2D eigenvalue weighted by atomic mass is 9.87. The molecular weight excluding hydrogens is 500 g/mol. The van der Waals surface area contributed by atoms with Crippen molar-refractivity contribution < 1.29 is 18.4 Å². The Hall–Kier alpha value is -3.59. The molecule has 9 heteroatoms. The van der Waals surface area contributed by atoms with E-state index in [4.69, 9.17) is 0 Å². The maximum absolute atomic E-state index is 14.3. The average Bonchev–Trinajstić information content (AvgIpc) is 3.59. The standard InChI is InChI=1S/C30H35F2N5O2/c1-19(34-23-12-11-21-14-22(31)15-25(32)24(21)16-23)28(38)35-27-17-36(18-33-27)30(2,3)29(39)37-13-7-10-26(37)20-8-5-4-6-9-20/h4-6,8-9,14-15,17-19,23,26,34H,7,10-13,16H2,1-3H3,(H,35,38)/t19-,23?,26?/m0/s1. The molecular formula is C30H35F2N5O2. The van der Waals surface area contributed by atoms with Crippen LogP contribution in [0.3, 0.4) is 0 Å². The molecule has 5 rings (SSSR count). The molecule has 2 amide bonds. The third-order valence-electron chi connectivity index (χ3n) is 8.05. The van der Waals surface area contributed by atoms with Crippen molar-refractivity contribution in [3.05, 3.63) is 83.3 Å². The van der Waals surface area contributed by atoms with Crippen LogP contribution in [0.5, 0.6) is 0 Å². The first-order valence-electron chi connectivity index (χ1n) is 13.6.